The molecule has 3 rings (SSSR count). The van der Waals surface area contributed by atoms with Crippen LogP contribution in [0.2, 0.25) is 0 Å². The van der Waals surface area contributed by atoms with Gasteiger partial charge in [0.1, 0.15) is 5.69 Å². The van der Waals surface area contributed by atoms with Crippen molar-refractivity contribution in [3.8, 4) is 11.5 Å². The van der Waals surface area contributed by atoms with Crippen LogP contribution in [0.3, 0.4) is 0 Å². The molecule has 5 heteroatoms. The zero-order valence-electron chi connectivity index (χ0n) is 9.64. The third kappa shape index (κ3) is 1.69. The fourth-order valence-corrected chi connectivity index (χ4v) is 1.87. The van der Waals surface area contributed by atoms with E-state index < -0.39 is 5.82 Å². The largest absolute Gasteiger partial charge is 0.451 e. The average molecular weight is 243 g/mol. The van der Waals surface area contributed by atoms with Crippen molar-refractivity contribution in [1.82, 2.24) is 9.97 Å². The number of furan rings is 1. The monoisotopic (exact) mass is 243 g/mol. The molecule has 2 aromatic heterocycles. The SMILES string of the molecule is Cc1cc(-c2cc3cccc(F)c3o2)nc(N)n1. The van der Waals surface area contributed by atoms with Crippen LogP contribution in [-0.4, -0.2) is 9.97 Å². The number of anilines is 1. The molecule has 0 unspecified atom stereocenters. The second-order valence-electron chi connectivity index (χ2n) is 4.02. The maximum absolute atomic E-state index is 13.5. The van der Waals surface area contributed by atoms with E-state index in [1.54, 1.807) is 24.3 Å². The van der Waals surface area contributed by atoms with Gasteiger partial charge < -0.3 is 10.2 Å². The van der Waals surface area contributed by atoms with Crippen LogP contribution in [-0.2, 0) is 0 Å². The van der Waals surface area contributed by atoms with Crippen molar-refractivity contribution >= 4 is 16.9 Å². The van der Waals surface area contributed by atoms with E-state index in [-0.39, 0.29) is 11.5 Å². The van der Waals surface area contributed by atoms with Gasteiger partial charge in [0.25, 0.3) is 0 Å². The summed E-state index contributed by atoms with van der Waals surface area (Å²) in [7, 11) is 0. The van der Waals surface area contributed by atoms with Crippen molar-refractivity contribution in [2.24, 2.45) is 0 Å². The van der Waals surface area contributed by atoms with E-state index in [9.17, 15) is 4.39 Å². The van der Waals surface area contributed by atoms with Crippen LogP contribution in [0.25, 0.3) is 22.4 Å². The highest BCUT2D eigenvalue weighted by atomic mass is 19.1. The van der Waals surface area contributed by atoms with Crippen LogP contribution in [0.5, 0.6) is 0 Å². The molecule has 0 radical (unpaired) electrons. The molecule has 0 aliphatic heterocycles. The quantitative estimate of drug-likeness (QED) is 0.713. The van der Waals surface area contributed by atoms with Crippen molar-refractivity contribution in [2.75, 3.05) is 5.73 Å². The Bertz CT molecular complexity index is 716. The number of para-hydroxylation sites is 1. The van der Waals surface area contributed by atoms with Gasteiger partial charge in [-0.15, -0.1) is 0 Å². The predicted molar refractivity (Wildman–Crippen MR) is 66.3 cm³/mol. The van der Waals surface area contributed by atoms with Crippen LogP contribution < -0.4 is 5.73 Å². The standard InChI is InChI=1S/C13H10FN3O/c1-7-5-10(17-13(15)16-7)11-6-8-3-2-4-9(14)12(8)18-11/h2-6H,1H3,(H2,15,16,17). The number of aryl methyl sites for hydroxylation is 1. The van der Waals surface area contributed by atoms with Gasteiger partial charge in [-0.25, -0.2) is 14.4 Å². The molecule has 0 fully saturated rings. The van der Waals surface area contributed by atoms with E-state index >= 15 is 0 Å². The predicted octanol–water partition coefficient (Wildman–Crippen LogP) is 2.92. The number of benzene rings is 1. The van der Waals surface area contributed by atoms with Crippen molar-refractivity contribution in [3.63, 3.8) is 0 Å². The van der Waals surface area contributed by atoms with Gasteiger partial charge in [-0.2, -0.15) is 0 Å². The first kappa shape index (κ1) is 10.7. The number of hydrogen-bond acceptors (Lipinski definition) is 4. The van der Waals surface area contributed by atoms with Crippen molar-refractivity contribution in [3.05, 3.63) is 41.8 Å². The number of rotatable bonds is 1. The molecule has 0 amide bonds. The maximum Gasteiger partial charge on any atom is 0.220 e. The molecule has 90 valence electrons. The summed E-state index contributed by atoms with van der Waals surface area (Å²) in [5.41, 5.74) is 7.09. The number of nitrogens with zero attached hydrogens (tertiary/aromatic N) is 2. The Morgan fingerprint density at radius 2 is 2.06 bits per heavy atom. The fraction of sp³-hybridized carbons (Fsp3) is 0.0769. The lowest BCUT2D eigenvalue weighted by molar-refractivity contribution is 0.567. The average Bonchev–Trinajstić information content (AvgIpc) is 2.73. The molecule has 0 aliphatic carbocycles. The lowest BCUT2D eigenvalue weighted by atomic mass is 10.2. The van der Waals surface area contributed by atoms with Crippen molar-refractivity contribution in [2.45, 2.75) is 6.92 Å². The Balaban J connectivity index is 2.22. The number of aromatic nitrogens is 2. The fourth-order valence-electron chi connectivity index (χ4n) is 1.87. The molecule has 0 aliphatic rings. The van der Waals surface area contributed by atoms with Crippen molar-refractivity contribution in [1.29, 1.82) is 0 Å². The van der Waals surface area contributed by atoms with E-state index in [1.165, 1.54) is 6.07 Å². The molecule has 2 N–H and O–H groups in total. The molecule has 0 spiro atoms. The molecule has 4 nitrogen and oxygen atoms in total. The minimum atomic E-state index is -0.391. The highest BCUT2D eigenvalue weighted by Crippen LogP contribution is 2.28. The van der Waals surface area contributed by atoms with Gasteiger partial charge in [0.2, 0.25) is 5.95 Å². The number of halogens is 1. The van der Waals surface area contributed by atoms with Gasteiger partial charge in [-0.05, 0) is 25.1 Å². The Morgan fingerprint density at radius 3 is 2.78 bits per heavy atom. The topological polar surface area (TPSA) is 64.9 Å². The molecule has 18 heavy (non-hydrogen) atoms. The van der Waals surface area contributed by atoms with Crippen LogP contribution in [0.1, 0.15) is 5.69 Å². The maximum atomic E-state index is 13.5. The third-order valence-corrected chi connectivity index (χ3v) is 2.62. The lowest BCUT2D eigenvalue weighted by Crippen LogP contribution is -1.97. The molecule has 2 heterocycles. The van der Waals surface area contributed by atoms with E-state index in [4.69, 9.17) is 10.2 Å². The minimum absolute atomic E-state index is 0.172. The summed E-state index contributed by atoms with van der Waals surface area (Å²) in [5.74, 6) is 0.260. The first-order valence-corrected chi connectivity index (χ1v) is 5.43. The van der Waals surface area contributed by atoms with E-state index in [1.807, 2.05) is 6.92 Å². The lowest BCUT2D eigenvalue weighted by Gasteiger charge is -1.99. The number of hydrogen-bond donors (Lipinski definition) is 1. The zero-order chi connectivity index (χ0) is 12.7. The Hall–Kier alpha value is -2.43. The zero-order valence-corrected chi connectivity index (χ0v) is 9.64. The molecule has 1 aromatic carbocycles. The smallest absolute Gasteiger partial charge is 0.220 e. The van der Waals surface area contributed by atoms with E-state index in [0.29, 0.717) is 16.8 Å². The van der Waals surface area contributed by atoms with E-state index in [0.717, 1.165) is 5.69 Å². The molecular weight excluding hydrogens is 233 g/mol. The van der Waals surface area contributed by atoms with Crippen LogP contribution in [0, 0.1) is 12.7 Å². The molecule has 3 aromatic rings. The Labute approximate surface area is 102 Å². The van der Waals surface area contributed by atoms with Gasteiger partial charge >= 0.3 is 0 Å². The van der Waals surface area contributed by atoms with Crippen LogP contribution in [0.15, 0.2) is 34.7 Å². The molecule has 0 atom stereocenters. The summed E-state index contributed by atoms with van der Waals surface area (Å²) in [4.78, 5) is 8.06. The second kappa shape index (κ2) is 3.80. The highest BCUT2D eigenvalue weighted by molar-refractivity contribution is 5.82. The molecule has 0 bridgehead atoms. The van der Waals surface area contributed by atoms with Gasteiger partial charge in [-0.1, -0.05) is 12.1 Å². The Kier molecular flexibility index (Phi) is 2.26. The van der Waals surface area contributed by atoms with Gasteiger partial charge in [0, 0.05) is 11.1 Å². The number of fused-ring (bicyclic) bond motifs is 1. The summed E-state index contributed by atoms with van der Waals surface area (Å²) in [5, 5.41) is 0.694. The van der Waals surface area contributed by atoms with Crippen LogP contribution in [0.4, 0.5) is 10.3 Å². The van der Waals surface area contributed by atoms with E-state index in [2.05, 4.69) is 9.97 Å². The summed E-state index contributed by atoms with van der Waals surface area (Å²) < 4.78 is 19.0. The first-order valence-electron chi connectivity index (χ1n) is 5.43. The highest BCUT2D eigenvalue weighted by Gasteiger charge is 2.11. The minimum Gasteiger partial charge on any atom is -0.451 e. The first-order chi connectivity index (χ1) is 8.63. The van der Waals surface area contributed by atoms with Crippen LogP contribution >= 0.6 is 0 Å². The number of nitrogens with two attached hydrogens (primary N) is 1. The molecular formula is C13H10FN3O. The van der Waals surface area contributed by atoms with Crippen molar-refractivity contribution < 1.29 is 8.81 Å². The van der Waals surface area contributed by atoms with Gasteiger partial charge in [-0.3, -0.25) is 0 Å². The molecule has 0 saturated heterocycles. The molecule has 0 saturated carbocycles. The Morgan fingerprint density at radius 1 is 1.22 bits per heavy atom. The number of nitrogen functional groups attached to an aromatic ring is 1. The van der Waals surface area contributed by atoms with Gasteiger partial charge in [0.15, 0.2) is 17.2 Å². The third-order valence-electron chi connectivity index (χ3n) is 2.62. The van der Waals surface area contributed by atoms with Gasteiger partial charge in [0.05, 0.1) is 0 Å². The summed E-state index contributed by atoms with van der Waals surface area (Å²) in [6.07, 6.45) is 0. The normalized spacial score (nSPS) is 11.0. The summed E-state index contributed by atoms with van der Waals surface area (Å²) >= 11 is 0. The summed E-state index contributed by atoms with van der Waals surface area (Å²) in [6, 6.07) is 8.25. The second-order valence-corrected chi connectivity index (χ2v) is 4.02. The summed E-state index contributed by atoms with van der Waals surface area (Å²) in [6.45, 7) is 1.81.